The monoisotopic (exact) mass is 237 g/mol. The molecule has 0 aliphatic heterocycles. The lowest BCUT2D eigenvalue weighted by Crippen LogP contribution is -2.32. The molecule has 94 valence electrons. The Bertz CT molecular complexity index is 393. The van der Waals surface area contributed by atoms with Crippen LogP contribution in [0.3, 0.4) is 0 Å². The average molecular weight is 237 g/mol. The van der Waals surface area contributed by atoms with Crippen molar-refractivity contribution in [2.24, 2.45) is 0 Å². The molecule has 0 bridgehead atoms. The molecule has 5 N–H and O–H groups in total. The van der Waals surface area contributed by atoms with Crippen molar-refractivity contribution in [1.82, 2.24) is 5.32 Å². The number of hydrogen-bond acceptors (Lipinski definition) is 4. The SMILES string of the molecule is CCOC(C)CNC(=O)c1ccc(N)cc1N. The van der Waals surface area contributed by atoms with E-state index in [-0.39, 0.29) is 12.0 Å². The number of ether oxygens (including phenoxy) is 1. The summed E-state index contributed by atoms with van der Waals surface area (Å²) in [6, 6.07) is 4.84. The Labute approximate surface area is 101 Å². The first-order chi connectivity index (χ1) is 8.04. The summed E-state index contributed by atoms with van der Waals surface area (Å²) >= 11 is 0. The summed E-state index contributed by atoms with van der Waals surface area (Å²) in [5, 5.41) is 2.76. The Hall–Kier alpha value is -1.75. The summed E-state index contributed by atoms with van der Waals surface area (Å²) in [6.45, 7) is 4.89. The van der Waals surface area contributed by atoms with Crippen molar-refractivity contribution in [3.05, 3.63) is 23.8 Å². The average Bonchev–Trinajstić information content (AvgIpc) is 2.26. The fourth-order valence-corrected chi connectivity index (χ4v) is 1.46. The minimum atomic E-state index is -0.214. The first-order valence-electron chi connectivity index (χ1n) is 5.59. The van der Waals surface area contributed by atoms with Gasteiger partial charge in [0.05, 0.1) is 11.7 Å². The zero-order valence-corrected chi connectivity index (χ0v) is 10.2. The van der Waals surface area contributed by atoms with Crippen molar-refractivity contribution in [3.63, 3.8) is 0 Å². The van der Waals surface area contributed by atoms with Crippen LogP contribution in [0.2, 0.25) is 0 Å². The minimum Gasteiger partial charge on any atom is -0.399 e. The van der Waals surface area contributed by atoms with Crippen LogP contribution in [-0.4, -0.2) is 25.2 Å². The number of nitrogens with one attached hydrogen (secondary N) is 1. The summed E-state index contributed by atoms with van der Waals surface area (Å²) in [6.07, 6.45) is -0.0149. The molecule has 0 aliphatic carbocycles. The van der Waals surface area contributed by atoms with Crippen molar-refractivity contribution >= 4 is 17.3 Å². The molecule has 0 fully saturated rings. The molecule has 1 aromatic carbocycles. The van der Waals surface area contributed by atoms with Crippen LogP contribution in [-0.2, 0) is 4.74 Å². The third kappa shape index (κ3) is 3.96. The van der Waals surface area contributed by atoms with E-state index in [4.69, 9.17) is 16.2 Å². The number of benzene rings is 1. The molecule has 0 heterocycles. The zero-order valence-electron chi connectivity index (χ0n) is 10.2. The van der Waals surface area contributed by atoms with E-state index in [0.29, 0.717) is 30.1 Å². The van der Waals surface area contributed by atoms with Crippen LogP contribution in [0.25, 0.3) is 0 Å². The predicted molar refractivity (Wildman–Crippen MR) is 68.7 cm³/mol. The number of rotatable bonds is 5. The van der Waals surface area contributed by atoms with Gasteiger partial charge < -0.3 is 21.5 Å². The fraction of sp³-hybridized carbons (Fsp3) is 0.417. The highest BCUT2D eigenvalue weighted by Crippen LogP contribution is 2.15. The van der Waals surface area contributed by atoms with E-state index in [1.807, 2.05) is 13.8 Å². The number of nitrogen functional groups attached to an aromatic ring is 2. The Kier molecular flexibility index (Phi) is 4.78. The molecule has 1 unspecified atom stereocenters. The lowest BCUT2D eigenvalue weighted by atomic mass is 10.1. The van der Waals surface area contributed by atoms with Crippen LogP contribution in [0, 0.1) is 0 Å². The Balaban J connectivity index is 2.58. The van der Waals surface area contributed by atoms with Gasteiger partial charge in [-0.15, -0.1) is 0 Å². The molecule has 0 radical (unpaired) electrons. The number of nitrogens with two attached hydrogens (primary N) is 2. The molecule has 5 heteroatoms. The van der Waals surface area contributed by atoms with Gasteiger partial charge in [-0.05, 0) is 32.0 Å². The maximum atomic E-state index is 11.8. The lowest BCUT2D eigenvalue weighted by molar-refractivity contribution is 0.0695. The van der Waals surface area contributed by atoms with Crippen LogP contribution in [0.1, 0.15) is 24.2 Å². The van der Waals surface area contributed by atoms with Crippen molar-refractivity contribution in [3.8, 4) is 0 Å². The van der Waals surface area contributed by atoms with Crippen molar-refractivity contribution in [1.29, 1.82) is 0 Å². The van der Waals surface area contributed by atoms with E-state index >= 15 is 0 Å². The maximum absolute atomic E-state index is 11.8. The number of hydrogen-bond donors (Lipinski definition) is 3. The molecule has 1 rings (SSSR count). The second kappa shape index (κ2) is 6.10. The molecule has 0 spiro atoms. The zero-order chi connectivity index (χ0) is 12.8. The minimum absolute atomic E-state index is 0.0149. The third-order valence-corrected chi connectivity index (χ3v) is 2.32. The van der Waals surface area contributed by atoms with Gasteiger partial charge in [0.25, 0.3) is 5.91 Å². The molecule has 1 atom stereocenters. The van der Waals surface area contributed by atoms with E-state index in [0.717, 1.165) is 0 Å². The van der Waals surface area contributed by atoms with E-state index < -0.39 is 0 Å². The number of amides is 1. The quantitative estimate of drug-likeness (QED) is 0.666. The highest BCUT2D eigenvalue weighted by Gasteiger charge is 2.10. The second-order valence-electron chi connectivity index (χ2n) is 3.82. The molecule has 1 aromatic rings. The normalized spacial score (nSPS) is 12.1. The Morgan fingerprint density at radius 1 is 1.47 bits per heavy atom. The van der Waals surface area contributed by atoms with Crippen molar-refractivity contribution < 1.29 is 9.53 Å². The van der Waals surface area contributed by atoms with Crippen molar-refractivity contribution in [2.75, 3.05) is 24.6 Å². The number of anilines is 2. The van der Waals surface area contributed by atoms with Gasteiger partial charge in [-0.2, -0.15) is 0 Å². The van der Waals surface area contributed by atoms with Gasteiger partial charge in [0, 0.05) is 24.5 Å². The van der Waals surface area contributed by atoms with Gasteiger partial charge in [-0.1, -0.05) is 0 Å². The third-order valence-electron chi connectivity index (χ3n) is 2.32. The number of carbonyl (C=O) groups is 1. The summed E-state index contributed by atoms with van der Waals surface area (Å²) in [7, 11) is 0. The summed E-state index contributed by atoms with van der Waals surface area (Å²) in [5.74, 6) is -0.214. The van der Waals surface area contributed by atoms with E-state index in [9.17, 15) is 4.79 Å². The van der Waals surface area contributed by atoms with Crippen LogP contribution in [0.15, 0.2) is 18.2 Å². The van der Waals surface area contributed by atoms with Crippen LogP contribution >= 0.6 is 0 Å². The highest BCUT2D eigenvalue weighted by atomic mass is 16.5. The highest BCUT2D eigenvalue weighted by molar-refractivity contribution is 5.99. The van der Waals surface area contributed by atoms with Gasteiger partial charge in [0.1, 0.15) is 0 Å². The molecule has 0 saturated carbocycles. The smallest absolute Gasteiger partial charge is 0.253 e. The Morgan fingerprint density at radius 3 is 2.76 bits per heavy atom. The lowest BCUT2D eigenvalue weighted by Gasteiger charge is -2.13. The van der Waals surface area contributed by atoms with Crippen molar-refractivity contribution in [2.45, 2.75) is 20.0 Å². The molecule has 0 aliphatic rings. The summed E-state index contributed by atoms with van der Waals surface area (Å²) in [4.78, 5) is 11.8. The first-order valence-corrected chi connectivity index (χ1v) is 5.59. The molecule has 1 amide bonds. The Morgan fingerprint density at radius 2 is 2.18 bits per heavy atom. The van der Waals surface area contributed by atoms with E-state index in [2.05, 4.69) is 5.32 Å². The van der Waals surface area contributed by atoms with Crippen LogP contribution in [0.5, 0.6) is 0 Å². The summed E-state index contributed by atoms with van der Waals surface area (Å²) < 4.78 is 5.31. The fourth-order valence-electron chi connectivity index (χ4n) is 1.46. The molecular weight excluding hydrogens is 218 g/mol. The largest absolute Gasteiger partial charge is 0.399 e. The standard InChI is InChI=1S/C12H19N3O2/c1-3-17-8(2)7-15-12(16)10-5-4-9(13)6-11(10)14/h4-6,8H,3,7,13-14H2,1-2H3,(H,15,16). The second-order valence-corrected chi connectivity index (χ2v) is 3.82. The molecular formula is C12H19N3O2. The van der Waals surface area contributed by atoms with E-state index in [1.54, 1.807) is 18.2 Å². The van der Waals surface area contributed by atoms with E-state index in [1.165, 1.54) is 0 Å². The molecule has 0 aromatic heterocycles. The topological polar surface area (TPSA) is 90.4 Å². The molecule has 0 saturated heterocycles. The van der Waals surface area contributed by atoms with Gasteiger partial charge in [-0.3, -0.25) is 4.79 Å². The van der Waals surface area contributed by atoms with Gasteiger partial charge in [0.2, 0.25) is 0 Å². The maximum Gasteiger partial charge on any atom is 0.253 e. The van der Waals surface area contributed by atoms with Gasteiger partial charge in [0.15, 0.2) is 0 Å². The first kappa shape index (κ1) is 13.3. The van der Waals surface area contributed by atoms with Gasteiger partial charge >= 0.3 is 0 Å². The molecule has 5 nitrogen and oxygen atoms in total. The predicted octanol–water partition coefficient (Wildman–Crippen LogP) is 1.01. The number of carbonyl (C=O) groups excluding carboxylic acids is 1. The molecule has 17 heavy (non-hydrogen) atoms. The van der Waals surface area contributed by atoms with Crippen LogP contribution < -0.4 is 16.8 Å². The summed E-state index contributed by atoms with van der Waals surface area (Å²) in [5.41, 5.74) is 12.6. The van der Waals surface area contributed by atoms with Crippen LogP contribution in [0.4, 0.5) is 11.4 Å². The van der Waals surface area contributed by atoms with Gasteiger partial charge in [-0.25, -0.2) is 0 Å².